The SMILES string of the molecule is [2H]c1c([2H])c(NC(=O)C([2H])([2H])c2csc(N)n2)c([2H])c([2H])c1CCCC([2H])([2H])[C@]([2H])(O)c1ccccc1. The number of carbonyl (C=O) groups is 1. The van der Waals surface area contributed by atoms with E-state index < -0.39 is 54.6 Å². The first-order valence-corrected chi connectivity index (χ1v) is 9.39. The maximum atomic E-state index is 12.6. The van der Waals surface area contributed by atoms with Crippen molar-refractivity contribution in [3.8, 4) is 0 Å². The normalized spacial score (nSPS) is 18.7. The molecular formula is C22H25N3O2S. The number of aromatic nitrogens is 1. The van der Waals surface area contributed by atoms with Crippen LogP contribution in [0.3, 0.4) is 0 Å². The quantitative estimate of drug-likeness (QED) is 0.495. The average Bonchev–Trinajstić information content (AvgIpc) is 3.30. The van der Waals surface area contributed by atoms with Crippen molar-refractivity contribution < 1.29 is 22.2 Å². The van der Waals surface area contributed by atoms with Gasteiger partial charge in [-0.1, -0.05) is 48.8 Å². The highest BCUT2D eigenvalue weighted by Crippen LogP contribution is 2.20. The number of aliphatic hydroxyl groups is 1. The zero-order valence-electron chi connectivity index (χ0n) is 23.9. The number of nitrogens with zero attached hydrogens (tertiary/aromatic N) is 1. The van der Waals surface area contributed by atoms with Gasteiger partial charge in [0, 0.05) is 16.6 Å². The smallest absolute Gasteiger partial charge is 0.230 e. The monoisotopic (exact) mass is 404 g/mol. The Hall–Kier alpha value is -2.70. The zero-order valence-corrected chi connectivity index (χ0v) is 15.7. The summed E-state index contributed by atoms with van der Waals surface area (Å²) < 4.78 is 73.8. The second-order valence-corrected chi connectivity index (χ2v) is 6.64. The molecule has 6 heteroatoms. The maximum Gasteiger partial charge on any atom is 0.230 e. The minimum atomic E-state index is -2.65. The zero-order chi connectivity index (χ0) is 27.8. The van der Waals surface area contributed by atoms with Crippen LogP contribution in [0.2, 0.25) is 0 Å². The third-order valence-corrected chi connectivity index (χ3v) is 4.30. The highest BCUT2D eigenvalue weighted by molar-refractivity contribution is 7.13. The molecule has 3 rings (SSSR count). The van der Waals surface area contributed by atoms with Crippen LogP contribution in [0, 0.1) is 0 Å². The molecular weight excluding hydrogens is 370 g/mol. The Kier molecular flexibility index (Phi) is 4.05. The van der Waals surface area contributed by atoms with Gasteiger partial charge in [0.15, 0.2) is 5.13 Å². The fraction of sp³-hybridized carbons (Fsp3) is 0.273. The molecule has 0 fully saturated rings. The summed E-state index contributed by atoms with van der Waals surface area (Å²) in [5, 5.41) is 14.0. The summed E-state index contributed by atoms with van der Waals surface area (Å²) in [6, 6.07) is 5.56. The molecule has 2 aromatic carbocycles. The summed E-state index contributed by atoms with van der Waals surface area (Å²) in [5.41, 5.74) is 4.79. The van der Waals surface area contributed by atoms with Crippen molar-refractivity contribution in [2.24, 2.45) is 0 Å². The molecule has 0 saturated carbocycles. The number of nitrogen functional groups attached to an aromatic ring is 1. The fourth-order valence-corrected chi connectivity index (χ4v) is 2.80. The van der Waals surface area contributed by atoms with E-state index in [2.05, 4.69) is 10.3 Å². The Bertz CT molecular complexity index is 1270. The van der Waals surface area contributed by atoms with E-state index in [1.165, 1.54) is 17.5 Å². The predicted octanol–water partition coefficient (Wildman–Crippen LogP) is 4.35. The van der Waals surface area contributed by atoms with Gasteiger partial charge in [-0.15, -0.1) is 11.3 Å². The lowest BCUT2D eigenvalue weighted by atomic mass is 10.0. The molecule has 1 amide bonds. The van der Waals surface area contributed by atoms with Crippen molar-refractivity contribution >= 4 is 28.1 Å². The van der Waals surface area contributed by atoms with Crippen LogP contribution in [0.25, 0.3) is 0 Å². The second kappa shape index (κ2) is 10.0. The van der Waals surface area contributed by atoms with Crippen molar-refractivity contribution in [2.45, 2.75) is 38.1 Å². The van der Waals surface area contributed by atoms with Crippen LogP contribution >= 0.6 is 11.3 Å². The maximum absolute atomic E-state index is 12.6. The number of benzene rings is 2. The van der Waals surface area contributed by atoms with Gasteiger partial charge in [0.05, 0.1) is 25.0 Å². The average molecular weight is 405 g/mol. The van der Waals surface area contributed by atoms with E-state index in [-0.39, 0.29) is 41.2 Å². The van der Waals surface area contributed by atoms with Gasteiger partial charge < -0.3 is 16.2 Å². The van der Waals surface area contributed by atoms with Crippen LogP contribution in [0.1, 0.15) is 54.5 Å². The standard InChI is InChI=1S/C22H25N3O2S/c23-22-25-19(15-28-22)14-21(27)24-18-12-10-16(11-13-18)6-4-5-9-20(26)17-7-2-1-3-8-17/h1-3,7-8,10-13,15,20,26H,4-6,9,14H2,(H2,23,25)(H,24,27)/t20-/m0/s1/i9D2,10D,11D,12D,13D,14D2,20D. The first-order valence-electron chi connectivity index (χ1n) is 13.0. The van der Waals surface area contributed by atoms with Crippen molar-refractivity contribution in [1.29, 1.82) is 0 Å². The Morgan fingerprint density at radius 1 is 1.29 bits per heavy atom. The largest absolute Gasteiger partial charge is 0.388 e. The van der Waals surface area contributed by atoms with E-state index in [4.69, 9.17) is 18.1 Å². The third-order valence-electron chi connectivity index (χ3n) is 3.62. The van der Waals surface area contributed by atoms with Crippen molar-refractivity contribution in [2.75, 3.05) is 11.1 Å². The van der Waals surface area contributed by atoms with E-state index in [0.717, 1.165) is 11.3 Å². The first kappa shape index (κ1) is 11.3. The lowest BCUT2D eigenvalue weighted by Gasteiger charge is -2.10. The van der Waals surface area contributed by atoms with Crippen LogP contribution < -0.4 is 11.1 Å². The van der Waals surface area contributed by atoms with Crippen molar-refractivity contribution in [1.82, 2.24) is 4.98 Å². The van der Waals surface area contributed by atoms with Crippen LogP contribution in [0.5, 0.6) is 0 Å². The molecule has 146 valence electrons. The number of carbonyl (C=O) groups excluding carboxylic acids is 1. The fourth-order valence-electron chi connectivity index (χ4n) is 2.30. The molecule has 0 spiro atoms. The van der Waals surface area contributed by atoms with Crippen LogP contribution in [0.15, 0.2) is 59.9 Å². The number of hydrogen-bond acceptors (Lipinski definition) is 5. The van der Waals surface area contributed by atoms with Crippen molar-refractivity contribution in [3.63, 3.8) is 0 Å². The van der Waals surface area contributed by atoms with Crippen LogP contribution in [0.4, 0.5) is 10.8 Å². The van der Waals surface area contributed by atoms with Gasteiger partial charge in [-0.05, 0) is 42.4 Å². The van der Waals surface area contributed by atoms with Gasteiger partial charge in [-0.3, -0.25) is 4.79 Å². The number of nitrogens with two attached hydrogens (primary N) is 1. The summed E-state index contributed by atoms with van der Waals surface area (Å²) in [7, 11) is 0. The third kappa shape index (κ3) is 6.18. The first-order chi connectivity index (χ1) is 17.1. The minimum absolute atomic E-state index is 0.00281. The highest BCUT2D eigenvalue weighted by atomic mass is 32.1. The number of rotatable bonds is 9. The Balaban J connectivity index is 1.79. The Labute approximate surface area is 181 Å². The second-order valence-electron chi connectivity index (χ2n) is 5.75. The number of amides is 1. The van der Waals surface area contributed by atoms with Gasteiger partial charge >= 0.3 is 0 Å². The van der Waals surface area contributed by atoms with E-state index in [9.17, 15) is 9.90 Å². The molecule has 0 aliphatic carbocycles. The van der Waals surface area contributed by atoms with E-state index >= 15 is 0 Å². The van der Waals surface area contributed by atoms with Gasteiger partial charge in [0.2, 0.25) is 5.91 Å². The van der Waals surface area contributed by atoms with Gasteiger partial charge in [-0.25, -0.2) is 4.98 Å². The van der Waals surface area contributed by atoms with E-state index in [1.807, 2.05) is 0 Å². The minimum Gasteiger partial charge on any atom is -0.388 e. The predicted molar refractivity (Wildman–Crippen MR) is 114 cm³/mol. The molecule has 5 nitrogen and oxygen atoms in total. The molecule has 28 heavy (non-hydrogen) atoms. The Morgan fingerprint density at radius 3 is 2.71 bits per heavy atom. The number of nitrogens with one attached hydrogen (secondary N) is 1. The van der Waals surface area contributed by atoms with Crippen LogP contribution in [-0.4, -0.2) is 16.0 Å². The summed E-state index contributed by atoms with van der Waals surface area (Å²) >= 11 is 0.936. The molecule has 4 N–H and O–H groups in total. The number of thiazole rings is 1. The molecule has 0 bridgehead atoms. The lowest BCUT2D eigenvalue weighted by Crippen LogP contribution is -2.14. The number of anilines is 2. The van der Waals surface area contributed by atoms with Gasteiger partial charge in [-0.2, -0.15) is 0 Å². The molecule has 1 aromatic heterocycles. The van der Waals surface area contributed by atoms with E-state index in [0.29, 0.717) is 0 Å². The topological polar surface area (TPSA) is 88.2 Å². The Morgan fingerprint density at radius 2 is 2.04 bits per heavy atom. The van der Waals surface area contributed by atoms with Gasteiger partial charge in [0.1, 0.15) is 0 Å². The summed E-state index contributed by atoms with van der Waals surface area (Å²) in [4.78, 5) is 16.4. The molecule has 0 aliphatic heterocycles. The molecule has 1 heterocycles. The summed E-state index contributed by atoms with van der Waals surface area (Å²) in [6.07, 6.45) is -7.97. The summed E-state index contributed by atoms with van der Waals surface area (Å²) in [5.74, 6) is -1.24. The molecule has 1 atom stereocenters. The summed E-state index contributed by atoms with van der Waals surface area (Å²) in [6.45, 7) is 0. The molecule has 0 unspecified atom stereocenters. The van der Waals surface area contributed by atoms with E-state index in [1.54, 1.807) is 18.2 Å². The van der Waals surface area contributed by atoms with Gasteiger partial charge in [0.25, 0.3) is 0 Å². The highest BCUT2D eigenvalue weighted by Gasteiger charge is 2.08. The van der Waals surface area contributed by atoms with Crippen molar-refractivity contribution in [3.05, 3.63) is 76.7 Å². The molecule has 0 aliphatic rings. The van der Waals surface area contributed by atoms with Crippen LogP contribution in [-0.2, 0) is 17.6 Å². The number of hydrogen-bond donors (Lipinski definition) is 3. The molecule has 3 aromatic rings. The lowest BCUT2D eigenvalue weighted by molar-refractivity contribution is -0.115. The molecule has 0 radical (unpaired) electrons. The molecule has 0 saturated heterocycles.